The number of carbonyl (C=O) groups excluding carboxylic acids is 1. The number of anilines is 1. The molecule has 2 N–H and O–H groups in total. The zero-order valence-electron chi connectivity index (χ0n) is 15.8. The van der Waals surface area contributed by atoms with Crippen LogP contribution in [0.15, 0.2) is 35.2 Å². The van der Waals surface area contributed by atoms with Crippen LogP contribution in [0.25, 0.3) is 0 Å². The fourth-order valence-corrected chi connectivity index (χ4v) is 7.92. The van der Waals surface area contributed by atoms with Gasteiger partial charge in [-0.15, -0.1) is 11.3 Å². The predicted octanol–water partition coefficient (Wildman–Crippen LogP) is 5.41. The van der Waals surface area contributed by atoms with Gasteiger partial charge in [-0.3, -0.25) is 9.52 Å². The predicted molar refractivity (Wildman–Crippen MR) is 117 cm³/mol. The smallest absolute Gasteiger partial charge is 0.264 e. The normalized spacial score (nSPS) is 24.4. The molecule has 1 aromatic heterocycles. The van der Waals surface area contributed by atoms with Crippen LogP contribution >= 0.6 is 34.5 Å². The second-order valence-electron chi connectivity index (χ2n) is 7.97. The Hall–Kier alpha value is -1.28. The van der Waals surface area contributed by atoms with Crippen LogP contribution in [-0.4, -0.2) is 20.4 Å². The average molecular weight is 473 g/mol. The van der Waals surface area contributed by atoms with Gasteiger partial charge in [-0.25, -0.2) is 8.42 Å². The molecule has 5 nitrogen and oxygen atoms in total. The largest absolute Gasteiger partial charge is 0.349 e. The molecule has 9 heteroatoms. The first-order valence-corrected chi connectivity index (χ1v) is 12.7. The van der Waals surface area contributed by atoms with E-state index in [1.165, 1.54) is 31.7 Å². The van der Waals surface area contributed by atoms with E-state index in [1.807, 2.05) is 0 Å². The van der Waals surface area contributed by atoms with E-state index in [4.69, 9.17) is 23.2 Å². The zero-order chi connectivity index (χ0) is 20.8. The molecule has 2 aliphatic rings. The van der Waals surface area contributed by atoms with Gasteiger partial charge in [0, 0.05) is 17.3 Å². The Bertz CT molecular complexity index is 1020. The Morgan fingerprint density at radius 3 is 2.45 bits per heavy atom. The molecule has 0 spiro atoms. The van der Waals surface area contributed by atoms with Gasteiger partial charge in [0.2, 0.25) is 0 Å². The number of benzene rings is 1. The van der Waals surface area contributed by atoms with Crippen molar-refractivity contribution in [3.8, 4) is 0 Å². The fraction of sp³-hybridized carbons (Fsp3) is 0.450. The summed E-state index contributed by atoms with van der Waals surface area (Å²) < 4.78 is 27.8. The lowest BCUT2D eigenvalue weighted by atomic mass is 9.84. The average Bonchev–Trinajstić information content (AvgIpc) is 3.37. The molecule has 0 saturated heterocycles. The lowest BCUT2D eigenvalue weighted by Crippen LogP contribution is -2.40. The number of hydrogen-bond donors (Lipinski definition) is 2. The molecule has 156 valence electrons. The van der Waals surface area contributed by atoms with Crippen molar-refractivity contribution >= 4 is 56.2 Å². The summed E-state index contributed by atoms with van der Waals surface area (Å²) in [5.41, 5.74) is 0.848. The molecule has 2 aliphatic carbocycles. The summed E-state index contributed by atoms with van der Waals surface area (Å²) in [6.45, 7) is 2.08. The van der Waals surface area contributed by atoms with Crippen molar-refractivity contribution in [3.63, 3.8) is 0 Å². The van der Waals surface area contributed by atoms with Crippen molar-refractivity contribution in [1.29, 1.82) is 0 Å². The Labute approximate surface area is 184 Å². The van der Waals surface area contributed by atoms with Crippen LogP contribution in [0.4, 0.5) is 5.69 Å². The number of amides is 1. The van der Waals surface area contributed by atoms with Crippen LogP contribution in [0, 0.1) is 17.8 Å². The Balaban J connectivity index is 1.39. The Morgan fingerprint density at radius 1 is 1.17 bits per heavy atom. The quantitative estimate of drug-likeness (QED) is 0.589. The van der Waals surface area contributed by atoms with Gasteiger partial charge in [-0.1, -0.05) is 29.6 Å². The summed E-state index contributed by atoms with van der Waals surface area (Å²) in [6.07, 6.45) is 5.13. The number of thiophene rings is 1. The zero-order valence-corrected chi connectivity index (χ0v) is 19.0. The summed E-state index contributed by atoms with van der Waals surface area (Å²) in [5.74, 6) is 2.00. The highest BCUT2D eigenvalue weighted by Crippen LogP contribution is 2.49. The van der Waals surface area contributed by atoms with Crippen molar-refractivity contribution in [3.05, 3.63) is 44.6 Å². The molecular formula is C20H22Cl2N2O3S2. The molecule has 1 heterocycles. The third-order valence-corrected chi connectivity index (χ3v) is 9.24. The van der Waals surface area contributed by atoms with Crippen molar-refractivity contribution in [2.75, 3.05) is 4.72 Å². The highest BCUT2D eigenvalue weighted by Gasteiger charge is 2.42. The maximum Gasteiger partial charge on any atom is 0.264 e. The van der Waals surface area contributed by atoms with E-state index in [2.05, 4.69) is 17.0 Å². The number of sulfonamides is 1. The van der Waals surface area contributed by atoms with Crippen LogP contribution in [0.3, 0.4) is 0 Å². The molecule has 29 heavy (non-hydrogen) atoms. The molecule has 2 fully saturated rings. The van der Waals surface area contributed by atoms with Crippen molar-refractivity contribution < 1.29 is 13.2 Å². The minimum absolute atomic E-state index is 0.0596. The first-order valence-electron chi connectivity index (χ1n) is 9.61. The van der Waals surface area contributed by atoms with Gasteiger partial charge >= 0.3 is 0 Å². The maximum atomic E-state index is 12.6. The molecule has 2 aromatic rings. The van der Waals surface area contributed by atoms with E-state index < -0.39 is 10.0 Å². The van der Waals surface area contributed by atoms with Gasteiger partial charge < -0.3 is 5.32 Å². The van der Waals surface area contributed by atoms with Gasteiger partial charge in [-0.2, -0.15) is 0 Å². The van der Waals surface area contributed by atoms with Crippen LogP contribution in [0.2, 0.25) is 8.67 Å². The lowest BCUT2D eigenvalue weighted by molar-refractivity contribution is 0.0915. The molecule has 1 aromatic carbocycles. The first-order chi connectivity index (χ1) is 13.7. The van der Waals surface area contributed by atoms with Crippen molar-refractivity contribution in [1.82, 2.24) is 5.32 Å². The first kappa shape index (κ1) is 21.0. The van der Waals surface area contributed by atoms with Crippen LogP contribution in [0.1, 0.15) is 43.0 Å². The molecule has 1 amide bonds. The minimum atomic E-state index is -3.85. The molecule has 0 aliphatic heterocycles. The second-order valence-corrected chi connectivity index (χ2v) is 11.9. The van der Waals surface area contributed by atoms with E-state index in [0.29, 0.717) is 21.5 Å². The van der Waals surface area contributed by atoms with Gasteiger partial charge in [-0.05, 0) is 74.3 Å². The topological polar surface area (TPSA) is 75.3 Å². The highest BCUT2D eigenvalue weighted by molar-refractivity contribution is 7.93. The third kappa shape index (κ3) is 4.43. The van der Waals surface area contributed by atoms with Gasteiger partial charge in [0.15, 0.2) is 0 Å². The Kier molecular flexibility index (Phi) is 5.86. The molecular weight excluding hydrogens is 451 g/mol. The number of fused-ring (bicyclic) bond motifs is 2. The summed E-state index contributed by atoms with van der Waals surface area (Å²) in [5, 5.41) is 3.12. The lowest BCUT2D eigenvalue weighted by Gasteiger charge is -2.28. The molecule has 0 radical (unpaired) electrons. The highest BCUT2D eigenvalue weighted by atomic mass is 35.5. The van der Waals surface area contributed by atoms with Crippen molar-refractivity contribution in [2.45, 2.75) is 43.5 Å². The monoisotopic (exact) mass is 472 g/mol. The summed E-state index contributed by atoms with van der Waals surface area (Å²) in [6, 6.07) is 7.82. The number of halogens is 2. The number of nitrogens with one attached hydrogen (secondary N) is 2. The minimum Gasteiger partial charge on any atom is -0.349 e. The van der Waals surface area contributed by atoms with E-state index in [0.717, 1.165) is 23.2 Å². The molecule has 4 rings (SSSR count). The summed E-state index contributed by atoms with van der Waals surface area (Å²) >= 11 is 12.8. The van der Waals surface area contributed by atoms with Crippen LogP contribution in [0.5, 0.6) is 0 Å². The summed E-state index contributed by atoms with van der Waals surface area (Å²) in [7, 11) is -3.85. The third-order valence-electron chi connectivity index (χ3n) is 6.11. The number of rotatable bonds is 6. The van der Waals surface area contributed by atoms with E-state index >= 15 is 0 Å². The number of hydrogen-bond acceptors (Lipinski definition) is 4. The molecule has 2 bridgehead atoms. The second kappa shape index (κ2) is 8.10. The van der Waals surface area contributed by atoms with Gasteiger partial charge in [0.25, 0.3) is 15.9 Å². The molecule has 0 unspecified atom stereocenters. The van der Waals surface area contributed by atoms with Gasteiger partial charge in [0.1, 0.15) is 9.23 Å². The van der Waals surface area contributed by atoms with E-state index in [-0.39, 0.29) is 21.2 Å². The Morgan fingerprint density at radius 2 is 1.90 bits per heavy atom. The van der Waals surface area contributed by atoms with Gasteiger partial charge in [0.05, 0.1) is 4.34 Å². The van der Waals surface area contributed by atoms with Crippen LogP contribution in [-0.2, 0) is 10.0 Å². The van der Waals surface area contributed by atoms with Crippen molar-refractivity contribution in [2.24, 2.45) is 17.8 Å². The van der Waals surface area contributed by atoms with Crippen LogP contribution < -0.4 is 10.0 Å². The number of carbonyl (C=O) groups is 1. The SMILES string of the molecule is C[C@H](NC(=O)c1ccc(NS(=O)(=O)c2cc(Cl)sc2Cl)cc1)[C@H]1C[C@H]2CC[C@H]1C2. The standard InChI is InChI=1S/C20H22Cl2N2O3S2/c1-11(16-9-12-2-3-14(16)8-12)23-20(25)13-4-6-15(7-5-13)24-29(26,27)17-10-18(21)28-19(17)22/h4-7,10-12,14,16,24H,2-3,8-9H2,1H3,(H,23,25)/t11-,12-,14-,16+/m0/s1. The summed E-state index contributed by atoms with van der Waals surface area (Å²) in [4.78, 5) is 12.5. The fourth-order valence-electron chi connectivity index (χ4n) is 4.71. The molecule has 4 atom stereocenters. The van der Waals surface area contributed by atoms with E-state index in [1.54, 1.807) is 24.3 Å². The molecule has 2 saturated carbocycles. The van der Waals surface area contributed by atoms with E-state index in [9.17, 15) is 13.2 Å². The maximum absolute atomic E-state index is 12.6.